The van der Waals surface area contributed by atoms with E-state index in [1.54, 1.807) is 0 Å². The van der Waals surface area contributed by atoms with E-state index in [1.807, 2.05) is 0 Å². The molecule has 0 saturated carbocycles. The van der Waals surface area contributed by atoms with Gasteiger partial charge in [0.25, 0.3) is 20.2 Å². The maximum Gasteiger partial charge on any atom is 0.284 e. The molecule has 0 bridgehead atoms. The number of hydrogen-bond donors (Lipinski definition) is 2. The summed E-state index contributed by atoms with van der Waals surface area (Å²) in [6.07, 6.45) is 23.9. The predicted octanol–water partition coefficient (Wildman–Crippen LogP) is 6.53. The van der Waals surface area contributed by atoms with Crippen LogP contribution in [0.2, 0.25) is 0 Å². The summed E-state index contributed by atoms with van der Waals surface area (Å²) >= 11 is 0. The first kappa shape index (κ1) is 35.7. The summed E-state index contributed by atoms with van der Waals surface area (Å²) in [5.74, 6) is -1.30. The zero-order chi connectivity index (χ0) is 26.8. The molecule has 218 valence electrons. The molecule has 0 amide bonds. The van der Waals surface area contributed by atoms with E-state index in [2.05, 4.69) is 24.8 Å². The Labute approximate surface area is 223 Å². The van der Waals surface area contributed by atoms with E-state index in [9.17, 15) is 16.8 Å². The van der Waals surface area contributed by atoms with Gasteiger partial charge in [-0.3, -0.25) is 0 Å². The molecule has 0 aliphatic heterocycles. The van der Waals surface area contributed by atoms with Gasteiger partial charge in [0.05, 0.1) is 11.5 Å². The molecule has 0 atom stereocenters. The summed E-state index contributed by atoms with van der Waals surface area (Å²) in [4.78, 5) is 0. The Hall–Kier alpha value is -0.260. The number of rotatable bonds is 29. The molecule has 0 aliphatic carbocycles. The summed E-state index contributed by atoms with van der Waals surface area (Å²) < 4.78 is 57.0. The van der Waals surface area contributed by atoms with Gasteiger partial charge in [0.1, 0.15) is 0 Å². The predicted molar refractivity (Wildman–Crippen MR) is 149 cm³/mol. The molecule has 0 radical (unpaired) electrons. The summed E-state index contributed by atoms with van der Waals surface area (Å²) in [6, 6.07) is 0. The standard InChI is InChI=1S/C26H56N2O6S2/c1-3-5-7-9-11-13-15-17-19-21-23-27-33-35(29,30)25-26-36(31,32)34-28-24-22-20-18-16-14-12-10-8-6-4-2/h27-28H,3-26H2,1-2H3. The lowest BCUT2D eigenvalue weighted by Gasteiger charge is -2.08. The lowest BCUT2D eigenvalue weighted by atomic mass is 10.1. The van der Waals surface area contributed by atoms with Crippen LogP contribution in [0.1, 0.15) is 142 Å². The molecule has 0 aromatic carbocycles. The fourth-order valence-corrected chi connectivity index (χ4v) is 6.25. The summed E-state index contributed by atoms with van der Waals surface area (Å²) in [6.45, 7) is 5.27. The fraction of sp³-hybridized carbons (Fsp3) is 1.00. The van der Waals surface area contributed by atoms with Gasteiger partial charge in [-0.1, -0.05) is 129 Å². The topological polar surface area (TPSA) is 111 Å². The minimum absolute atomic E-state index is 0.416. The smallest absolute Gasteiger partial charge is 0.198 e. The van der Waals surface area contributed by atoms with Crippen molar-refractivity contribution in [2.75, 3.05) is 24.6 Å². The van der Waals surface area contributed by atoms with Crippen LogP contribution < -0.4 is 11.0 Å². The van der Waals surface area contributed by atoms with Crippen LogP contribution in [0.5, 0.6) is 0 Å². The normalized spacial score (nSPS) is 12.4. The second-order valence-corrected chi connectivity index (χ2v) is 13.2. The monoisotopic (exact) mass is 556 g/mol. The van der Waals surface area contributed by atoms with Gasteiger partial charge in [0, 0.05) is 13.1 Å². The van der Waals surface area contributed by atoms with E-state index in [-0.39, 0.29) is 0 Å². The highest BCUT2D eigenvalue weighted by atomic mass is 32.2. The molecule has 36 heavy (non-hydrogen) atoms. The van der Waals surface area contributed by atoms with Gasteiger partial charge < -0.3 is 0 Å². The second-order valence-electron chi connectivity index (χ2n) is 9.84. The quantitative estimate of drug-likeness (QED) is 0.0790. The molecule has 0 aromatic heterocycles. The molecule has 0 fully saturated rings. The van der Waals surface area contributed by atoms with Crippen LogP contribution in [0.3, 0.4) is 0 Å². The fourth-order valence-electron chi connectivity index (χ4n) is 3.92. The van der Waals surface area contributed by atoms with Gasteiger partial charge in [-0.25, -0.2) is 0 Å². The van der Waals surface area contributed by atoms with Gasteiger partial charge in [-0.15, -0.1) is 0 Å². The maximum absolute atomic E-state index is 11.9. The highest BCUT2D eigenvalue weighted by Gasteiger charge is 2.19. The summed E-state index contributed by atoms with van der Waals surface area (Å²) in [5.41, 5.74) is 4.88. The number of hydroxylamine groups is 2. The van der Waals surface area contributed by atoms with Crippen LogP contribution in [0.4, 0.5) is 0 Å². The van der Waals surface area contributed by atoms with Crippen molar-refractivity contribution < 1.29 is 25.4 Å². The van der Waals surface area contributed by atoms with Crippen LogP contribution in [0.25, 0.3) is 0 Å². The molecule has 0 heterocycles. The van der Waals surface area contributed by atoms with Gasteiger partial charge in [0.2, 0.25) is 0 Å². The van der Waals surface area contributed by atoms with Crippen LogP contribution in [-0.4, -0.2) is 41.4 Å². The van der Waals surface area contributed by atoms with E-state index in [1.165, 1.54) is 89.9 Å². The number of nitrogens with one attached hydrogen (secondary N) is 2. The van der Waals surface area contributed by atoms with Gasteiger partial charge in [-0.05, 0) is 12.8 Å². The Balaban J connectivity index is 3.61. The first-order chi connectivity index (χ1) is 17.3. The van der Waals surface area contributed by atoms with Gasteiger partial charge in [-0.2, -0.15) is 36.4 Å². The third-order valence-electron chi connectivity index (χ3n) is 6.22. The number of unbranched alkanes of at least 4 members (excludes halogenated alkanes) is 18. The zero-order valence-electron chi connectivity index (χ0n) is 23.2. The molecule has 0 rings (SSSR count). The van der Waals surface area contributed by atoms with Crippen molar-refractivity contribution in [1.82, 2.24) is 11.0 Å². The highest BCUT2D eigenvalue weighted by molar-refractivity contribution is 7.90. The van der Waals surface area contributed by atoms with Gasteiger partial charge >= 0.3 is 0 Å². The van der Waals surface area contributed by atoms with E-state index in [0.29, 0.717) is 13.1 Å². The largest absolute Gasteiger partial charge is 0.284 e. The van der Waals surface area contributed by atoms with Crippen LogP contribution >= 0.6 is 0 Å². The molecule has 10 heteroatoms. The molecule has 8 nitrogen and oxygen atoms in total. The Morgan fingerprint density at radius 3 is 0.944 bits per heavy atom. The molecule has 0 aromatic rings. The Morgan fingerprint density at radius 1 is 0.417 bits per heavy atom. The molecule has 0 aliphatic rings. The number of hydrogen-bond acceptors (Lipinski definition) is 8. The molecule has 0 unspecified atom stereocenters. The molecule has 0 spiro atoms. The van der Waals surface area contributed by atoms with Crippen molar-refractivity contribution in [1.29, 1.82) is 0 Å². The lowest BCUT2D eigenvalue weighted by Crippen LogP contribution is -2.29. The Bertz CT molecular complexity index is 614. The first-order valence-corrected chi connectivity index (χ1v) is 17.8. The van der Waals surface area contributed by atoms with Crippen LogP contribution in [0, 0.1) is 0 Å². The third kappa shape index (κ3) is 26.8. The second kappa shape index (κ2) is 25.0. The van der Waals surface area contributed by atoms with Crippen LogP contribution in [-0.2, 0) is 28.8 Å². The molecule has 0 saturated heterocycles. The maximum atomic E-state index is 11.9. The third-order valence-corrected chi connectivity index (χ3v) is 8.63. The SMILES string of the molecule is CCCCCCCCCCCCNOS(=O)(=O)CCS(=O)(=O)ONCCCCCCCCCCCC. The highest BCUT2D eigenvalue weighted by Crippen LogP contribution is 2.11. The molecule has 2 N–H and O–H groups in total. The van der Waals surface area contributed by atoms with Crippen molar-refractivity contribution in [2.24, 2.45) is 0 Å². The lowest BCUT2D eigenvalue weighted by molar-refractivity contribution is 0.197. The minimum atomic E-state index is -3.98. The Morgan fingerprint density at radius 2 is 0.667 bits per heavy atom. The van der Waals surface area contributed by atoms with E-state index < -0.39 is 31.7 Å². The van der Waals surface area contributed by atoms with Crippen molar-refractivity contribution >= 4 is 20.2 Å². The Kier molecular flexibility index (Phi) is 24.9. The average Bonchev–Trinajstić information content (AvgIpc) is 2.84. The molecular formula is C26H56N2O6S2. The minimum Gasteiger partial charge on any atom is -0.198 e. The first-order valence-electron chi connectivity index (χ1n) is 14.6. The van der Waals surface area contributed by atoms with Crippen LogP contribution in [0.15, 0.2) is 0 Å². The van der Waals surface area contributed by atoms with Crippen molar-refractivity contribution in [2.45, 2.75) is 142 Å². The van der Waals surface area contributed by atoms with Crippen molar-refractivity contribution in [3.05, 3.63) is 0 Å². The van der Waals surface area contributed by atoms with E-state index in [0.717, 1.165) is 38.5 Å². The zero-order valence-corrected chi connectivity index (χ0v) is 24.9. The van der Waals surface area contributed by atoms with Crippen molar-refractivity contribution in [3.63, 3.8) is 0 Å². The summed E-state index contributed by atoms with van der Waals surface area (Å²) in [5, 5.41) is 0. The van der Waals surface area contributed by atoms with Crippen molar-refractivity contribution in [3.8, 4) is 0 Å². The molecular weight excluding hydrogens is 500 g/mol. The van der Waals surface area contributed by atoms with E-state index >= 15 is 0 Å². The van der Waals surface area contributed by atoms with Gasteiger partial charge in [0.15, 0.2) is 0 Å². The van der Waals surface area contributed by atoms with E-state index in [4.69, 9.17) is 8.57 Å². The average molecular weight is 557 g/mol. The summed E-state index contributed by atoms with van der Waals surface area (Å²) in [7, 11) is -7.96.